The highest BCUT2D eigenvalue weighted by molar-refractivity contribution is 5.78. The van der Waals surface area contributed by atoms with Crippen LogP contribution in [0.15, 0.2) is 36.5 Å². The quantitative estimate of drug-likeness (QED) is 0.712. The van der Waals surface area contributed by atoms with Crippen LogP contribution in [-0.2, 0) is 7.05 Å². The summed E-state index contributed by atoms with van der Waals surface area (Å²) < 4.78 is 7.12. The molecule has 0 unspecified atom stereocenters. The number of pyridine rings is 1. The Balaban J connectivity index is 2.19. The fraction of sp³-hybridized carbons (Fsp3) is 0.143. The number of hydrogen-bond donors (Lipinski definition) is 1. The van der Waals surface area contributed by atoms with Crippen molar-refractivity contribution < 1.29 is 4.74 Å². The molecular weight excluding hydrogens is 240 g/mol. The van der Waals surface area contributed by atoms with Crippen molar-refractivity contribution in [1.29, 1.82) is 0 Å². The number of nitrogen functional groups attached to an aromatic ring is 1. The zero-order chi connectivity index (χ0) is 13.4. The molecule has 0 spiro atoms. The van der Waals surface area contributed by atoms with Crippen LogP contribution in [0.25, 0.3) is 22.6 Å². The van der Waals surface area contributed by atoms with Crippen LogP contribution in [0.1, 0.15) is 0 Å². The normalized spacial score (nSPS) is 10.8. The molecular formula is C14H14N4O. The number of anilines is 1. The van der Waals surface area contributed by atoms with Gasteiger partial charge in [0.1, 0.15) is 17.1 Å². The highest BCUT2D eigenvalue weighted by atomic mass is 16.5. The van der Waals surface area contributed by atoms with Gasteiger partial charge in [-0.25, -0.2) is 9.97 Å². The first kappa shape index (κ1) is 11.5. The molecule has 2 aromatic heterocycles. The maximum atomic E-state index is 5.94. The third kappa shape index (κ3) is 1.79. The Morgan fingerprint density at radius 2 is 2.11 bits per heavy atom. The van der Waals surface area contributed by atoms with Crippen LogP contribution >= 0.6 is 0 Å². The van der Waals surface area contributed by atoms with Gasteiger partial charge in [0.2, 0.25) is 0 Å². The number of nitrogens with zero attached hydrogens (tertiary/aromatic N) is 3. The number of ether oxygens (including phenoxy) is 1. The van der Waals surface area contributed by atoms with Crippen LogP contribution < -0.4 is 10.5 Å². The molecule has 0 aliphatic rings. The predicted molar refractivity (Wildman–Crippen MR) is 74.9 cm³/mol. The molecule has 2 N–H and O–H groups in total. The van der Waals surface area contributed by atoms with E-state index in [0.29, 0.717) is 11.4 Å². The molecule has 0 radical (unpaired) electrons. The number of fused-ring (bicyclic) bond motifs is 1. The van der Waals surface area contributed by atoms with Crippen molar-refractivity contribution in [3.8, 4) is 17.1 Å². The molecule has 3 rings (SSSR count). The van der Waals surface area contributed by atoms with E-state index >= 15 is 0 Å². The van der Waals surface area contributed by atoms with Crippen LogP contribution in [0, 0.1) is 0 Å². The van der Waals surface area contributed by atoms with Crippen molar-refractivity contribution in [2.24, 2.45) is 7.05 Å². The van der Waals surface area contributed by atoms with Crippen molar-refractivity contribution in [3.05, 3.63) is 36.5 Å². The van der Waals surface area contributed by atoms with Gasteiger partial charge in [0.15, 0.2) is 5.65 Å². The fourth-order valence-corrected chi connectivity index (χ4v) is 2.16. The summed E-state index contributed by atoms with van der Waals surface area (Å²) in [7, 11) is 3.54. The van der Waals surface area contributed by atoms with E-state index in [2.05, 4.69) is 9.97 Å². The highest BCUT2D eigenvalue weighted by Crippen LogP contribution is 2.28. The van der Waals surface area contributed by atoms with Gasteiger partial charge >= 0.3 is 0 Å². The van der Waals surface area contributed by atoms with Gasteiger partial charge in [-0.15, -0.1) is 0 Å². The first-order chi connectivity index (χ1) is 9.20. The van der Waals surface area contributed by atoms with Crippen LogP contribution in [0.5, 0.6) is 5.75 Å². The summed E-state index contributed by atoms with van der Waals surface area (Å²) in [5.74, 6) is 1.50. The molecule has 5 nitrogen and oxygen atoms in total. The smallest absolute Gasteiger partial charge is 0.159 e. The maximum Gasteiger partial charge on any atom is 0.159 e. The number of nitrogens with two attached hydrogens (primary N) is 1. The molecule has 5 heteroatoms. The number of aromatic nitrogens is 3. The van der Waals surface area contributed by atoms with Crippen molar-refractivity contribution in [3.63, 3.8) is 0 Å². The summed E-state index contributed by atoms with van der Waals surface area (Å²) >= 11 is 0. The van der Waals surface area contributed by atoms with E-state index in [1.165, 1.54) is 0 Å². The predicted octanol–water partition coefficient (Wildman–Crippen LogP) is 2.23. The van der Waals surface area contributed by atoms with E-state index < -0.39 is 0 Å². The van der Waals surface area contributed by atoms with Gasteiger partial charge in [0.25, 0.3) is 0 Å². The minimum atomic E-state index is 0.597. The molecule has 2 heterocycles. The molecule has 0 amide bonds. The lowest BCUT2D eigenvalue weighted by Gasteiger charge is -2.07. The number of hydrogen-bond acceptors (Lipinski definition) is 4. The molecule has 0 atom stereocenters. The Bertz CT molecular complexity index is 748. The van der Waals surface area contributed by atoms with E-state index in [0.717, 1.165) is 22.6 Å². The molecule has 0 saturated carbocycles. The van der Waals surface area contributed by atoms with Crippen molar-refractivity contribution in [2.45, 2.75) is 0 Å². The summed E-state index contributed by atoms with van der Waals surface area (Å²) in [5, 5.41) is 0. The van der Waals surface area contributed by atoms with Crippen LogP contribution in [0.2, 0.25) is 0 Å². The SMILES string of the molecule is COc1ccc(-c2nc3cccnc3n2C)cc1N. The van der Waals surface area contributed by atoms with Gasteiger partial charge in [-0.2, -0.15) is 0 Å². The van der Waals surface area contributed by atoms with Gasteiger partial charge in [0.05, 0.1) is 12.8 Å². The van der Waals surface area contributed by atoms with Crippen LogP contribution in [0.3, 0.4) is 0 Å². The average Bonchev–Trinajstić information content (AvgIpc) is 2.77. The number of methoxy groups -OCH3 is 1. The Morgan fingerprint density at radius 3 is 2.79 bits per heavy atom. The summed E-state index contributed by atoms with van der Waals surface area (Å²) in [6, 6.07) is 9.47. The van der Waals surface area contributed by atoms with Crippen LogP contribution in [0.4, 0.5) is 5.69 Å². The summed E-state index contributed by atoms with van der Waals surface area (Å²) in [4.78, 5) is 8.91. The van der Waals surface area contributed by atoms with Gasteiger partial charge in [0, 0.05) is 18.8 Å². The Kier molecular flexibility index (Phi) is 2.59. The second kappa shape index (κ2) is 4.28. The molecule has 0 aliphatic heterocycles. The molecule has 0 bridgehead atoms. The molecule has 0 saturated heterocycles. The molecule has 96 valence electrons. The van der Waals surface area contributed by atoms with E-state index in [1.54, 1.807) is 13.3 Å². The molecule has 0 fully saturated rings. The zero-order valence-electron chi connectivity index (χ0n) is 10.8. The van der Waals surface area contributed by atoms with Gasteiger partial charge in [-0.05, 0) is 30.3 Å². The number of benzene rings is 1. The Labute approximate surface area is 110 Å². The van der Waals surface area contributed by atoms with Gasteiger partial charge in [-0.3, -0.25) is 0 Å². The topological polar surface area (TPSA) is 66.0 Å². The number of aryl methyl sites for hydroxylation is 1. The molecule has 3 aromatic rings. The summed E-state index contributed by atoms with van der Waals surface area (Å²) in [5.41, 5.74) is 9.20. The lowest BCUT2D eigenvalue weighted by atomic mass is 10.2. The minimum Gasteiger partial charge on any atom is -0.495 e. The second-order valence-corrected chi connectivity index (χ2v) is 4.30. The van der Waals surface area contributed by atoms with Gasteiger partial charge < -0.3 is 15.0 Å². The van der Waals surface area contributed by atoms with Crippen LogP contribution in [-0.4, -0.2) is 21.6 Å². The zero-order valence-corrected chi connectivity index (χ0v) is 10.8. The first-order valence-corrected chi connectivity index (χ1v) is 5.92. The van der Waals surface area contributed by atoms with Crippen molar-refractivity contribution in [2.75, 3.05) is 12.8 Å². The highest BCUT2D eigenvalue weighted by Gasteiger charge is 2.11. The second-order valence-electron chi connectivity index (χ2n) is 4.30. The van der Waals surface area contributed by atoms with Crippen molar-refractivity contribution in [1.82, 2.24) is 14.5 Å². The van der Waals surface area contributed by atoms with E-state index in [1.807, 2.05) is 41.9 Å². The van der Waals surface area contributed by atoms with Crippen molar-refractivity contribution >= 4 is 16.9 Å². The average molecular weight is 254 g/mol. The Hall–Kier alpha value is -2.56. The molecule has 1 aromatic carbocycles. The minimum absolute atomic E-state index is 0.597. The summed E-state index contributed by atoms with van der Waals surface area (Å²) in [6.07, 6.45) is 1.76. The standard InChI is InChI=1S/C14H14N4O/c1-18-13(17-11-4-3-7-16-14(11)18)9-5-6-12(19-2)10(15)8-9/h3-8H,15H2,1-2H3. The third-order valence-electron chi connectivity index (χ3n) is 3.12. The first-order valence-electron chi connectivity index (χ1n) is 5.92. The lowest BCUT2D eigenvalue weighted by Crippen LogP contribution is -1.96. The Morgan fingerprint density at radius 1 is 1.26 bits per heavy atom. The fourth-order valence-electron chi connectivity index (χ4n) is 2.16. The number of rotatable bonds is 2. The largest absolute Gasteiger partial charge is 0.495 e. The number of imidazole rings is 1. The van der Waals surface area contributed by atoms with E-state index in [-0.39, 0.29) is 0 Å². The summed E-state index contributed by atoms with van der Waals surface area (Å²) in [6.45, 7) is 0. The van der Waals surface area contributed by atoms with Gasteiger partial charge in [-0.1, -0.05) is 0 Å². The monoisotopic (exact) mass is 254 g/mol. The van der Waals surface area contributed by atoms with E-state index in [9.17, 15) is 0 Å². The maximum absolute atomic E-state index is 5.94. The third-order valence-corrected chi connectivity index (χ3v) is 3.12. The molecule has 0 aliphatic carbocycles. The van der Waals surface area contributed by atoms with E-state index in [4.69, 9.17) is 10.5 Å². The lowest BCUT2D eigenvalue weighted by molar-refractivity contribution is 0.417. The molecule has 19 heavy (non-hydrogen) atoms.